The molecule has 1 aromatic heterocycles. The number of carboxylic acid groups (broad SMARTS) is 1. The topological polar surface area (TPSA) is 97.8 Å². The number of para-hydroxylation sites is 1. The third-order valence-corrected chi connectivity index (χ3v) is 5.76. The first-order chi connectivity index (χ1) is 15.4. The van der Waals surface area contributed by atoms with E-state index in [9.17, 15) is 14.7 Å². The van der Waals surface area contributed by atoms with Crippen LogP contribution >= 0.6 is 0 Å². The number of carboxylic acids is 1. The van der Waals surface area contributed by atoms with Gasteiger partial charge < -0.3 is 19.9 Å². The molecule has 0 unspecified atom stereocenters. The van der Waals surface area contributed by atoms with Crippen LogP contribution in [0.5, 0.6) is 5.75 Å². The van der Waals surface area contributed by atoms with Crippen LogP contribution < -0.4 is 10.1 Å². The lowest BCUT2D eigenvalue weighted by Gasteiger charge is -2.36. The monoisotopic (exact) mass is 434 g/mol. The molecule has 0 aliphatic carbocycles. The number of fused-ring (bicyclic) bond motifs is 1. The van der Waals surface area contributed by atoms with Gasteiger partial charge in [0.1, 0.15) is 12.4 Å². The molecule has 7 nitrogen and oxygen atoms in total. The van der Waals surface area contributed by atoms with E-state index in [-0.39, 0.29) is 12.3 Å². The molecule has 2 N–H and O–H groups in total. The van der Waals surface area contributed by atoms with Crippen molar-refractivity contribution >= 4 is 22.8 Å². The number of benzene rings is 2. The van der Waals surface area contributed by atoms with Crippen LogP contribution in [0.25, 0.3) is 10.9 Å². The highest BCUT2D eigenvalue weighted by atomic mass is 16.5. The van der Waals surface area contributed by atoms with Crippen LogP contribution in [0.3, 0.4) is 0 Å². The zero-order valence-electron chi connectivity index (χ0n) is 18.0. The Morgan fingerprint density at radius 1 is 1.12 bits per heavy atom. The first-order valence-corrected chi connectivity index (χ1v) is 10.6. The van der Waals surface area contributed by atoms with Crippen LogP contribution in [0.2, 0.25) is 0 Å². The number of amides is 1. The number of aliphatic carboxylic acids is 1. The van der Waals surface area contributed by atoms with E-state index in [1.807, 2.05) is 37.3 Å². The number of pyridine rings is 1. The minimum Gasteiger partial charge on any atom is -0.489 e. The van der Waals surface area contributed by atoms with Gasteiger partial charge in [0, 0.05) is 35.4 Å². The van der Waals surface area contributed by atoms with Crippen LogP contribution in [-0.2, 0) is 16.1 Å². The number of aryl methyl sites for hydroxylation is 1. The van der Waals surface area contributed by atoms with Crippen molar-refractivity contribution in [1.82, 2.24) is 10.3 Å². The summed E-state index contributed by atoms with van der Waals surface area (Å²) in [5, 5.41) is 13.3. The lowest BCUT2D eigenvalue weighted by atomic mass is 9.86. The summed E-state index contributed by atoms with van der Waals surface area (Å²) in [6.07, 6.45) is 0.833. The van der Waals surface area contributed by atoms with Crippen LogP contribution in [0, 0.1) is 6.92 Å². The summed E-state index contributed by atoms with van der Waals surface area (Å²) >= 11 is 0. The van der Waals surface area contributed by atoms with Crippen molar-refractivity contribution in [3.63, 3.8) is 0 Å². The molecule has 2 aromatic carbocycles. The fraction of sp³-hybridized carbons (Fsp3) is 0.320. The van der Waals surface area contributed by atoms with E-state index < -0.39 is 11.5 Å². The average molecular weight is 434 g/mol. The molecule has 1 fully saturated rings. The van der Waals surface area contributed by atoms with E-state index in [2.05, 4.69) is 10.3 Å². The smallest absolute Gasteiger partial charge is 0.305 e. The molecule has 1 aliphatic heterocycles. The van der Waals surface area contributed by atoms with E-state index >= 15 is 0 Å². The Bertz CT molecular complexity index is 1120. The number of nitrogens with one attached hydrogen (secondary N) is 1. The lowest BCUT2D eigenvalue weighted by Crippen LogP contribution is -2.53. The average Bonchev–Trinajstić information content (AvgIpc) is 2.77. The predicted octanol–water partition coefficient (Wildman–Crippen LogP) is 3.88. The molecule has 7 heteroatoms. The highest BCUT2D eigenvalue weighted by Crippen LogP contribution is 2.26. The van der Waals surface area contributed by atoms with Gasteiger partial charge in [-0.3, -0.25) is 14.6 Å². The highest BCUT2D eigenvalue weighted by Gasteiger charge is 2.36. The van der Waals surface area contributed by atoms with Crippen LogP contribution in [0.15, 0.2) is 54.6 Å². The Hall–Kier alpha value is -3.45. The molecule has 0 saturated carbocycles. The minimum absolute atomic E-state index is 0.122. The van der Waals surface area contributed by atoms with Crippen molar-refractivity contribution in [2.24, 2.45) is 0 Å². The van der Waals surface area contributed by atoms with Gasteiger partial charge in [0.2, 0.25) is 0 Å². The second kappa shape index (κ2) is 9.36. The molecule has 1 saturated heterocycles. The van der Waals surface area contributed by atoms with Crippen molar-refractivity contribution in [3.8, 4) is 5.75 Å². The molecular formula is C25H26N2O5. The fourth-order valence-corrected chi connectivity index (χ4v) is 4.09. The standard InChI is InChI=1S/C25H26N2O5/c1-17-14-19(21-4-2-3-5-22(21)26-17)16-32-20-8-6-18(7-9-20)24(30)27-25(15-23(28)29)10-12-31-13-11-25/h2-9,14H,10-13,15-16H2,1H3,(H,27,30)(H,28,29). The minimum atomic E-state index is -0.935. The van der Waals surface area contributed by atoms with E-state index in [4.69, 9.17) is 9.47 Å². The first kappa shape index (κ1) is 21.8. The van der Waals surface area contributed by atoms with Gasteiger partial charge in [0.15, 0.2) is 0 Å². The van der Waals surface area contributed by atoms with E-state index in [0.29, 0.717) is 44.0 Å². The van der Waals surface area contributed by atoms with Crippen LogP contribution in [-0.4, -0.2) is 40.7 Å². The maximum Gasteiger partial charge on any atom is 0.305 e. The van der Waals surface area contributed by atoms with Gasteiger partial charge in [-0.2, -0.15) is 0 Å². The molecule has 0 atom stereocenters. The zero-order chi connectivity index (χ0) is 22.6. The molecule has 32 heavy (non-hydrogen) atoms. The maximum absolute atomic E-state index is 12.8. The molecule has 0 bridgehead atoms. The number of carbonyl (C=O) groups excluding carboxylic acids is 1. The third kappa shape index (κ3) is 5.06. The first-order valence-electron chi connectivity index (χ1n) is 10.6. The molecule has 0 spiro atoms. The number of hydrogen-bond acceptors (Lipinski definition) is 5. The number of nitrogens with zero attached hydrogens (tertiary/aromatic N) is 1. The molecule has 2 heterocycles. The summed E-state index contributed by atoms with van der Waals surface area (Å²) in [5.74, 6) is -0.586. The fourth-order valence-electron chi connectivity index (χ4n) is 4.09. The van der Waals surface area contributed by atoms with Gasteiger partial charge in [0.25, 0.3) is 5.91 Å². The second-order valence-electron chi connectivity index (χ2n) is 8.17. The number of rotatable bonds is 7. The highest BCUT2D eigenvalue weighted by molar-refractivity contribution is 5.95. The molecule has 166 valence electrons. The molecule has 3 aromatic rings. The van der Waals surface area contributed by atoms with Gasteiger partial charge in [-0.1, -0.05) is 18.2 Å². The molecule has 0 radical (unpaired) electrons. The van der Waals surface area contributed by atoms with E-state index in [1.165, 1.54) is 0 Å². The van der Waals surface area contributed by atoms with Gasteiger partial charge in [-0.15, -0.1) is 0 Å². The van der Waals surface area contributed by atoms with Gasteiger partial charge in [-0.05, 0) is 56.2 Å². The summed E-state index contributed by atoms with van der Waals surface area (Å²) in [7, 11) is 0. The third-order valence-electron chi connectivity index (χ3n) is 5.76. The van der Waals surface area contributed by atoms with Gasteiger partial charge >= 0.3 is 5.97 Å². The number of carbonyl (C=O) groups is 2. The molecule has 4 rings (SSSR count). The summed E-state index contributed by atoms with van der Waals surface area (Å²) in [5.41, 5.74) is 2.58. The quantitative estimate of drug-likeness (QED) is 0.586. The normalized spacial score (nSPS) is 15.3. The summed E-state index contributed by atoms with van der Waals surface area (Å²) < 4.78 is 11.3. The van der Waals surface area contributed by atoms with Crippen LogP contribution in [0.1, 0.15) is 40.9 Å². The molecular weight excluding hydrogens is 408 g/mol. The largest absolute Gasteiger partial charge is 0.489 e. The Balaban J connectivity index is 1.43. The molecule has 1 amide bonds. The summed E-state index contributed by atoms with van der Waals surface area (Å²) in [6.45, 7) is 3.21. The van der Waals surface area contributed by atoms with Crippen LogP contribution in [0.4, 0.5) is 0 Å². The lowest BCUT2D eigenvalue weighted by molar-refractivity contribution is -0.139. The Morgan fingerprint density at radius 3 is 2.56 bits per heavy atom. The number of aromatic nitrogens is 1. The SMILES string of the molecule is Cc1cc(COc2ccc(C(=O)NC3(CC(=O)O)CCOCC3)cc2)c2ccccc2n1. The Labute approximate surface area is 186 Å². The van der Waals surface area contributed by atoms with Crippen molar-refractivity contribution < 1.29 is 24.2 Å². The summed E-state index contributed by atoms with van der Waals surface area (Å²) in [4.78, 5) is 28.6. The summed E-state index contributed by atoms with van der Waals surface area (Å²) in [6, 6.07) is 16.8. The van der Waals surface area contributed by atoms with Gasteiger partial charge in [0.05, 0.1) is 17.5 Å². The predicted molar refractivity (Wildman–Crippen MR) is 120 cm³/mol. The van der Waals surface area contributed by atoms with Crippen molar-refractivity contribution in [3.05, 3.63) is 71.4 Å². The van der Waals surface area contributed by atoms with Crippen molar-refractivity contribution in [2.45, 2.75) is 38.3 Å². The number of hydrogen-bond donors (Lipinski definition) is 2. The molecule has 1 aliphatic rings. The Morgan fingerprint density at radius 2 is 1.84 bits per heavy atom. The number of ether oxygens (including phenoxy) is 2. The maximum atomic E-state index is 12.8. The Kier molecular flexibility index (Phi) is 6.37. The van der Waals surface area contributed by atoms with E-state index in [1.54, 1.807) is 24.3 Å². The van der Waals surface area contributed by atoms with E-state index in [0.717, 1.165) is 22.2 Å². The van der Waals surface area contributed by atoms with Crippen molar-refractivity contribution in [1.29, 1.82) is 0 Å². The zero-order valence-corrected chi connectivity index (χ0v) is 18.0. The van der Waals surface area contributed by atoms with Crippen molar-refractivity contribution in [2.75, 3.05) is 13.2 Å². The second-order valence-corrected chi connectivity index (χ2v) is 8.17. The van der Waals surface area contributed by atoms with Gasteiger partial charge in [-0.25, -0.2) is 0 Å².